The molecule has 1 fully saturated rings. The van der Waals surface area contributed by atoms with Gasteiger partial charge >= 0.3 is 5.82 Å². The number of aromatic nitrogens is 3. The van der Waals surface area contributed by atoms with E-state index in [4.69, 9.17) is 9.47 Å². The van der Waals surface area contributed by atoms with E-state index in [1.54, 1.807) is 0 Å². The topological polar surface area (TPSA) is 92.3 Å². The molecule has 1 aliphatic heterocycles. The summed E-state index contributed by atoms with van der Waals surface area (Å²) in [5, 5.41) is 18.2. The Morgan fingerprint density at radius 3 is 2.90 bits per heavy atom. The third-order valence-electron chi connectivity index (χ3n) is 2.96. The molecule has 20 heavy (non-hydrogen) atoms. The average Bonchev–Trinajstić information content (AvgIpc) is 3.10. The number of hydrogen-bond donors (Lipinski definition) is 0. The van der Waals surface area contributed by atoms with E-state index in [1.807, 2.05) is 19.1 Å². The van der Waals surface area contributed by atoms with Crippen LogP contribution < -0.4 is 0 Å². The van der Waals surface area contributed by atoms with E-state index in [2.05, 4.69) is 10.2 Å². The molecule has 3 heterocycles. The Morgan fingerprint density at radius 2 is 2.25 bits per heavy atom. The molecule has 0 unspecified atom stereocenters. The van der Waals surface area contributed by atoms with Crippen molar-refractivity contribution in [3.05, 3.63) is 38.2 Å². The Morgan fingerprint density at radius 1 is 1.50 bits per heavy atom. The number of nitro groups is 1. The molecule has 3 rings (SSSR count). The number of rotatable bonds is 4. The number of nitrogens with zero attached hydrogens (tertiary/aromatic N) is 4. The van der Waals surface area contributed by atoms with Gasteiger partial charge in [-0.25, -0.2) is 0 Å². The van der Waals surface area contributed by atoms with E-state index >= 15 is 0 Å². The highest BCUT2D eigenvalue weighted by Gasteiger charge is 2.34. The molecule has 0 bridgehead atoms. The molecule has 106 valence electrons. The molecule has 8 nitrogen and oxygen atoms in total. The first-order chi connectivity index (χ1) is 9.57. The van der Waals surface area contributed by atoms with Crippen molar-refractivity contribution in [2.75, 3.05) is 13.2 Å². The second-order valence-electron chi connectivity index (χ2n) is 4.40. The number of thiophene rings is 1. The quantitative estimate of drug-likeness (QED) is 0.627. The largest absolute Gasteiger partial charge is 0.410 e. The van der Waals surface area contributed by atoms with Crippen molar-refractivity contribution < 1.29 is 14.4 Å². The van der Waals surface area contributed by atoms with Crippen LogP contribution in [0.15, 0.2) is 18.3 Å². The molecule has 2 aromatic rings. The zero-order valence-electron chi connectivity index (χ0n) is 10.7. The molecule has 1 saturated heterocycles. The summed E-state index contributed by atoms with van der Waals surface area (Å²) in [7, 11) is 0. The van der Waals surface area contributed by atoms with Gasteiger partial charge < -0.3 is 19.6 Å². The van der Waals surface area contributed by atoms with Crippen LogP contribution in [0.4, 0.5) is 5.82 Å². The molecule has 0 amide bonds. The fourth-order valence-electron chi connectivity index (χ4n) is 1.95. The van der Waals surface area contributed by atoms with Gasteiger partial charge in [-0.3, -0.25) is 0 Å². The van der Waals surface area contributed by atoms with E-state index in [9.17, 15) is 10.1 Å². The predicted octanol–water partition coefficient (Wildman–Crippen LogP) is 1.52. The van der Waals surface area contributed by atoms with Gasteiger partial charge in [-0.05, 0) is 24.0 Å². The average molecular weight is 296 g/mol. The Bertz CT molecular complexity index is 632. The molecule has 9 heteroatoms. The molecule has 0 spiro atoms. The van der Waals surface area contributed by atoms with E-state index in [1.165, 1.54) is 16.1 Å². The normalized spacial score (nSPS) is 17.4. The van der Waals surface area contributed by atoms with Crippen LogP contribution in [0.1, 0.15) is 16.7 Å². The predicted molar refractivity (Wildman–Crippen MR) is 69.4 cm³/mol. The van der Waals surface area contributed by atoms with Crippen molar-refractivity contribution in [1.29, 1.82) is 0 Å². The lowest BCUT2D eigenvalue weighted by atomic mass is 10.2. The maximum absolute atomic E-state index is 10.5. The van der Waals surface area contributed by atoms with Crippen LogP contribution in [0.5, 0.6) is 0 Å². The van der Waals surface area contributed by atoms with E-state index < -0.39 is 10.7 Å². The summed E-state index contributed by atoms with van der Waals surface area (Å²) in [6.45, 7) is 3.43. The zero-order chi connectivity index (χ0) is 14.2. The van der Waals surface area contributed by atoms with Crippen LogP contribution in [0.3, 0.4) is 0 Å². The summed E-state index contributed by atoms with van der Waals surface area (Å²) in [6, 6.07) is 3.86. The van der Waals surface area contributed by atoms with E-state index in [0.29, 0.717) is 19.8 Å². The summed E-state index contributed by atoms with van der Waals surface area (Å²) >= 11 is 1.52. The van der Waals surface area contributed by atoms with Crippen LogP contribution in [0, 0.1) is 10.1 Å². The second kappa shape index (κ2) is 4.93. The van der Waals surface area contributed by atoms with Gasteiger partial charge in [0, 0.05) is 4.88 Å². The molecular weight excluding hydrogens is 284 g/mol. The third kappa shape index (κ3) is 2.42. The first kappa shape index (κ1) is 13.2. The molecule has 0 aromatic carbocycles. The lowest BCUT2D eigenvalue weighted by molar-refractivity contribution is -0.389. The first-order valence-electron chi connectivity index (χ1n) is 5.98. The van der Waals surface area contributed by atoms with Gasteiger partial charge in [0.2, 0.25) is 5.79 Å². The van der Waals surface area contributed by atoms with Crippen molar-refractivity contribution in [3.8, 4) is 0 Å². The summed E-state index contributed by atoms with van der Waals surface area (Å²) < 4.78 is 11.2. The smallest absolute Gasteiger partial charge is 0.358 e. The monoisotopic (exact) mass is 296 g/mol. The lowest BCUT2D eigenvalue weighted by Crippen LogP contribution is -2.20. The number of hydrogen-bond acceptors (Lipinski definition) is 7. The maximum Gasteiger partial charge on any atom is 0.410 e. The Labute approximate surface area is 118 Å². The Kier molecular flexibility index (Phi) is 3.24. The van der Waals surface area contributed by atoms with Crippen LogP contribution in [-0.2, 0) is 21.8 Å². The van der Waals surface area contributed by atoms with Gasteiger partial charge in [0.1, 0.15) is 6.54 Å². The Hall–Kier alpha value is -1.84. The fraction of sp³-hybridized carbons (Fsp3) is 0.455. The summed E-state index contributed by atoms with van der Waals surface area (Å²) in [5.74, 6) is -0.942. The zero-order valence-corrected chi connectivity index (χ0v) is 11.5. The molecule has 0 saturated carbocycles. The van der Waals surface area contributed by atoms with Crippen LogP contribution >= 0.6 is 11.3 Å². The minimum Gasteiger partial charge on any atom is -0.358 e. The van der Waals surface area contributed by atoms with Gasteiger partial charge in [0.05, 0.1) is 23.2 Å². The molecule has 0 N–H and O–H groups in total. The van der Waals surface area contributed by atoms with Gasteiger partial charge in [-0.2, -0.15) is 0 Å². The molecule has 0 atom stereocenters. The van der Waals surface area contributed by atoms with Crippen molar-refractivity contribution in [3.63, 3.8) is 0 Å². The first-order valence-corrected chi connectivity index (χ1v) is 6.80. The van der Waals surface area contributed by atoms with Crippen LogP contribution in [-0.4, -0.2) is 33.1 Å². The Balaban J connectivity index is 1.75. The fourth-order valence-corrected chi connectivity index (χ4v) is 2.99. The number of ether oxygens (including phenoxy) is 2. The van der Waals surface area contributed by atoms with E-state index in [-0.39, 0.29) is 5.82 Å². The van der Waals surface area contributed by atoms with Gasteiger partial charge in [-0.15, -0.1) is 16.4 Å². The van der Waals surface area contributed by atoms with Crippen LogP contribution in [0.25, 0.3) is 0 Å². The van der Waals surface area contributed by atoms with Crippen molar-refractivity contribution >= 4 is 17.2 Å². The van der Waals surface area contributed by atoms with Crippen molar-refractivity contribution in [2.45, 2.75) is 19.3 Å². The summed E-state index contributed by atoms with van der Waals surface area (Å²) in [5.41, 5.74) is 0. The standard InChI is InChI=1S/C11H12N4O4S/c1-11(18-4-5-19-11)9-3-2-8(20-9)7-14-12-6-10(13-14)15(16)17/h2-3,6H,4-5,7H2,1H3. The molecule has 1 aliphatic rings. The summed E-state index contributed by atoms with van der Waals surface area (Å²) in [6.07, 6.45) is 1.14. The minimum atomic E-state index is -0.688. The highest BCUT2D eigenvalue weighted by Crippen LogP contribution is 2.35. The van der Waals surface area contributed by atoms with Gasteiger partial charge in [0.25, 0.3) is 0 Å². The molecular formula is C11H12N4O4S. The van der Waals surface area contributed by atoms with Gasteiger partial charge in [-0.1, -0.05) is 4.80 Å². The van der Waals surface area contributed by atoms with E-state index in [0.717, 1.165) is 16.0 Å². The van der Waals surface area contributed by atoms with Gasteiger partial charge in [0.15, 0.2) is 6.20 Å². The molecule has 0 aliphatic carbocycles. The molecule has 0 radical (unpaired) electrons. The highest BCUT2D eigenvalue weighted by molar-refractivity contribution is 7.12. The second-order valence-corrected chi connectivity index (χ2v) is 5.57. The SMILES string of the molecule is CC1(c2ccc(Cn3ncc([N+](=O)[O-])n3)s2)OCCO1. The lowest BCUT2D eigenvalue weighted by Gasteiger charge is -2.20. The third-order valence-corrected chi connectivity index (χ3v) is 4.21. The summed E-state index contributed by atoms with van der Waals surface area (Å²) in [4.78, 5) is 13.2. The maximum atomic E-state index is 10.5. The molecule has 2 aromatic heterocycles. The van der Waals surface area contributed by atoms with Crippen LogP contribution in [0.2, 0.25) is 0 Å². The van der Waals surface area contributed by atoms with Crippen molar-refractivity contribution in [2.24, 2.45) is 0 Å². The minimum absolute atomic E-state index is 0.254. The highest BCUT2D eigenvalue weighted by atomic mass is 32.1. The van der Waals surface area contributed by atoms with Crippen molar-refractivity contribution in [1.82, 2.24) is 15.0 Å².